The van der Waals surface area contributed by atoms with Crippen LogP contribution in [0.5, 0.6) is 0 Å². The fraction of sp³-hybridized carbons (Fsp3) is 0.900. The Morgan fingerprint density at radius 3 is 1.92 bits per heavy atom. The van der Waals surface area contributed by atoms with Gasteiger partial charge >= 0.3 is 0 Å². The average molecular weight is 186 g/mol. The van der Waals surface area contributed by atoms with E-state index in [1.807, 2.05) is 13.8 Å². The number of hydrogen-bond donors (Lipinski definition) is 2. The molecule has 0 aromatic carbocycles. The van der Waals surface area contributed by atoms with E-state index in [9.17, 15) is 15.0 Å². The zero-order chi connectivity index (χ0) is 10.4. The van der Waals surface area contributed by atoms with Crippen LogP contribution >= 0.6 is 0 Å². The summed E-state index contributed by atoms with van der Waals surface area (Å²) in [5, 5.41) is 19.4. The van der Waals surface area contributed by atoms with Gasteiger partial charge in [-0.1, -0.05) is 13.8 Å². The fourth-order valence-electron chi connectivity index (χ4n) is 2.28. The Kier molecular flexibility index (Phi) is 2.52. The second-order valence-corrected chi connectivity index (χ2v) is 4.42. The number of hydrogen-bond acceptors (Lipinski definition) is 3. The van der Waals surface area contributed by atoms with E-state index < -0.39 is 17.6 Å². The molecule has 0 aliphatic heterocycles. The van der Waals surface area contributed by atoms with Gasteiger partial charge in [-0.3, -0.25) is 4.79 Å². The standard InChI is InChI=1S/C10H18O3/c1-5-6(2)10(4,7(3)11)9(13)8(5)12/h5-6,8-9,12-13H,1-4H3/t5-,6+,8-,9-,10-/m0/s1. The first-order valence-corrected chi connectivity index (χ1v) is 4.70. The Hall–Kier alpha value is -0.410. The Balaban J connectivity index is 3.05. The minimum atomic E-state index is -0.921. The summed E-state index contributed by atoms with van der Waals surface area (Å²) in [5.74, 6) is -0.0465. The molecule has 0 aromatic heterocycles. The van der Waals surface area contributed by atoms with Crippen LogP contribution in [-0.2, 0) is 4.79 Å². The zero-order valence-electron chi connectivity index (χ0n) is 8.61. The number of aliphatic hydroxyl groups is 2. The van der Waals surface area contributed by atoms with Crippen LogP contribution in [0, 0.1) is 17.3 Å². The molecule has 0 amide bonds. The van der Waals surface area contributed by atoms with E-state index >= 15 is 0 Å². The van der Waals surface area contributed by atoms with Crippen LogP contribution in [0.1, 0.15) is 27.7 Å². The molecule has 0 aromatic rings. The third-order valence-corrected chi connectivity index (χ3v) is 3.97. The highest BCUT2D eigenvalue weighted by molar-refractivity contribution is 5.83. The topological polar surface area (TPSA) is 57.5 Å². The minimum Gasteiger partial charge on any atom is -0.390 e. The lowest BCUT2D eigenvalue weighted by molar-refractivity contribution is -0.135. The van der Waals surface area contributed by atoms with Crippen molar-refractivity contribution in [2.24, 2.45) is 17.3 Å². The largest absolute Gasteiger partial charge is 0.390 e. The van der Waals surface area contributed by atoms with Gasteiger partial charge in [0.25, 0.3) is 0 Å². The summed E-state index contributed by atoms with van der Waals surface area (Å²) in [5.41, 5.74) is -0.779. The summed E-state index contributed by atoms with van der Waals surface area (Å²) in [6, 6.07) is 0. The molecule has 0 spiro atoms. The summed E-state index contributed by atoms with van der Waals surface area (Å²) in [6.45, 7) is 6.99. The van der Waals surface area contributed by atoms with Crippen molar-refractivity contribution in [2.75, 3.05) is 0 Å². The average Bonchev–Trinajstić information content (AvgIpc) is 2.22. The maximum Gasteiger partial charge on any atom is 0.138 e. The molecule has 0 bridgehead atoms. The first-order chi connectivity index (χ1) is 5.83. The van der Waals surface area contributed by atoms with Gasteiger partial charge in [0.05, 0.1) is 17.6 Å². The molecular formula is C10H18O3. The summed E-state index contributed by atoms with van der Waals surface area (Å²) in [7, 11) is 0. The molecule has 0 saturated heterocycles. The predicted molar refractivity (Wildman–Crippen MR) is 49.1 cm³/mol. The van der Waals surface area contributed by atoms with Gasteiger partial charge in [0.15, 0.2) is 0 Å². The number of carbonyl (C=O) groups excluding carboxylic acids is 1. The van der Waals surface area contributed by atoms with Crippen LogP contribution in [0.4, 0.5) is 0 Å². The van der Waals surface area contributed by atoms with E-state index in [2.05, 4.69) is 0 Å². The van der Waals surface area contributed by atoms with Gasteiger partial charge in [0.2, 0.25) is 0 Å². The van der Waals surface area contributed by atoms with Gasteiger partial charge < -0.3 is 10.2 Å². The molecule has 1 fully saturated rings. The monoisotopic (exact) mass is 186 g/mol. The van der Waals surface area contributed by atoms with Crippen molar-refractivity contribution < 1.29 is 15.0 Å². The van der Waals surface area contributed by atoms with Gasteiger partial charge in [-0.15, -0.1) is 0 Å². The molecule has 13 heavy (non-hydrogen) atoms. The van der Waals surface area contributed by atoms with E-state index in [1.54, 1.807) is 6.92 Å². The van der Waals surface area contributed by atoms with Crippen molar-refractivity contribution in [3.8, 4) is 0 Å². The number of aliphatic hydroxyl groups excluding tert-OH is 2. The second kappa shape index (κ2) is 3.07. The quantitative estimate of drug-likeness (QED) is 0.630. The van der Waals surface area contributed by atoms with Crippen LogP contribution in [-0.4, -0.2) is 28.2 Å². The molecule has 5 atom stereocenters. The predicted octanol–water partition coefficient (Wildman–Crippen LogP) is 0.589. The Morgan fingerprint density at radius 2 is 1.77 bits per heavy atom. The van der Waals surface area contributed by atoms with Crippen molar-refractivity contribution in [1.82, 2.24) is 0 Å². The van der Waals surface area contributed by atoms with E-state index in [1.165, 1.54) is 6.92 Å². The first-order valence-electron chi connectivity index (χ1n) is 4.70. The van der Waals surface area contributed by atoms with E-state index in [-0.39, 0.29) is 17.6 Å². The van der Waals surface area contributed by atoms with E-state index in [4.69, 9.17) is 0 Å². The number of ketones is 1. The van der Waals surface area contributed by atoms with Crippen molar-refractivity contribution in [3.05, 3.63) is 0 Å². The number of carbonyl (C=O) groups is 1. The minimum absolute atomic E-state index is 0.0231. The van der Waals surface area contributed by atoms with Crippen LogP contribution in [0.2, 0.25) is 0 Å². The molecule has 0 radical (unpaired) electrons. The summed E-state index contributed by atoms with van der Waals surface area (Å²) >= 11 is 0. The second-order valence-electron chi connectivity index (χ2n) is 4.42. The highest BCUT2D eigenvalue weighted by atomic mass is 16.3. The lowest BCUT2D eigenvalue weighted by atomic mass is 9.74. The normalized spacial score (nSPS) is 50.9. The highest BCUT2D eigenvalue weighted by Crippen LogP contribution is 2.47. The first kappa shape index (κ1) is 10.7. The number of rotatable bonds is 1. The SMILES string of the molecule is CC(=O)[C@]1(C)[C@H](C)[C@H](C)[C@H](O)[C@@H]1O. The van der Waals surface area contributed by atoms with E-state index in [0.717, 1.165) is 0 Å². The van der Waals surface area contributed by atoms with Crippen molar-refractivity contribution in [2.45, 2.75) is 39.9 Å². The fourth-order valence-corrected chi connectivity index (χ4v) is 2.28. The lowest BCUT2D eigenvalue weighted by Gasteiger charge is -2.30. The lowest BCUT2D eigenvalue weighted by Crippen LogP contribution is -2.41. The summed E-state index contributed by atoms with van der Waals surface area (Å²) in [6.07, 6.45) is -1.70. The van der Waals surface area contributed by atoms with Gasteiger partial charge in [0.1, 0.15) is 5.78 Å². The summed E-state index contributed by atoms with van der Waals surface area (Å²) < 4.78 is 0. The van der Waals surface area contributed by atoms with E-state index in [0.29, 0.717) is 0 Å². The molecule has 0 heterocycles. The third kappa shape index (κ3) is 1.22. The molecule has 76 valence electrons. The highest BCUT2D eigenvalue weighted by Gasteiger charge is 2.55. The van der Waals surface area contributed by atoms with Gasteiger partial charge in [0, 0.05) is 0 Å². The maximum atomic E-state index is 11.4. The Labute approximate surface area is 78.8 Å². The van der Waals surface area contributed by atoms with Crippen molar-refractivity contribution in [3.63, 3.8) is 0 Å². The van der Waals surface area contributed by atoms with Crippen LogP contribution in [0.3, 0.4) is 0 Å². The molecule has 0 unspecified atom stereocenters. The van der Waals surface area contributed by atoms with Crippen LogP contribution in [0.25, 0.3) is 0 Å². The van der Waals surface area contributed by atoms with Crippen molar-refractivity contribution >= 4 is 5.78 Å². The molecule has 2 N–H and O–H groups in total. The van der Waals surface area contributed by atoms with Gasteiger partial charge in [-0.2, -0.15) is 0 Å². The van der Waals surface area contributed by atoms with Gasteiger partial charge in [-0.05, 0) is 25.7 Å². The van der Waals surface area contributed by atoms with Gasteiger partial charge in [-0.25, -0.2) is 0 Å². The zero-order valence-corrected chi connectivity index (χ0v) is 8.61. The molecule has 1 saturated carbocycles. The van der Waals surface area contributed by atoms with Crippen LogP contribution in [0.15, 0.2) is 0 Å². The third-order valence-electron chi connectivity index (χ3n) is 3.97. The smallest absolute Gasteiger partial charge is 0.138 e. The Morgan fingerprint density at radius 1 is 1.31 bits per heavy atom. The molecule has 1 aliphatic carbocycles. The van der Waals surface area contributed by atoms with Crippen molar-refractivity contribution in [1.29, 1.82) is 0 Å². The maximum absolute atomic E-state index is 11.4. The molecule has 1 aliphatic rings. The summed E-state index contributed by atoms with van der Waals surface area (Å²) in [4.78, 5) is 11.4. The molecule has 3 heteroatoms. The number of Topliss-reactive ketones (excluding diaryl/α,β-unsaturated/α-hetero) is 1. The van der Waals surface area contributed by atoms with Crippen LogP contribution < -0.4 is 0 Å². The Bertz CT molecular complexity index is 210. The molecule has 3 nitrogen and oxygen atoms in total. The molecular weight excluding hydrogens is 168 g/mol. The molecule has 1 rings (SSSR count).